The van der Waals surface area contributed by atoms with Crippen molar-refractivity contribution < 1.29 is 9.47 Å². The lowest BCUT2D eigenvalue weighted by atomic mass is 10.2. The van der Waals surface area contributed by atoms with Crippen molar-refractivity contribution in [2.45, 2.75) is 6.54 Å². The van der Waals surface area contributed by atoms with E-state index in [4.69, 9.17) is 21.1 Å². The van der Waals surface area contributed by atoms with Crippen LogP contribution in [0.1, 0.15) is 5.56 Å². The van der Waals surface area contributed by atoms with Crippen LogP contribution in [0.5, 0.6) is 5.75 Å². The highest BCUT2D eigenvalue weighted by molar-refractivity contribution is 9.11. The molecule has 0 bridgehead atoms. The summed E-state index contributed by atoms with van der Waals surface area (Å²) in [6.45, 7) is 2.74. The highest BCUT2D eigenvalue weighted by Gasteiger charge is 2.08. The van der Waals surface area contributed by atoms with Gasteiger partial charge in [-0.25, -0.2) is 0 Å². The molecular weight excluding hydrogens is 397 g/mol. The molecular formula is C13H16Br2ClNO2. The van der Waals surface area contributed by atoms with Gasteiger partial charge in [0.1, 0.15) is 12.4 Å². The van der Waals surface area contributed by atoms with E-state index in [1.165, 1.54) is 5.54 Å². The van der Waals surface area contributed by atoms with E-state index < -0.39 is 0 Å². The zero-order valence-electron chi connectivity index (χ0n) is 10.6. The molecule has 0 spiro atoms. The molecule has 0 saturated carbocycles. The summed E-state index contributed by atoms with van der Waals surface area (Å²) in [7, 11) is 1.69. The summed E-state index contributed by atoms with van der Waals surface area (Å²) < 4.78 is 12.4. The minimum absolute atomic E-state index is 0.437. The van der Waals surface area contributed by atoms with Gasteiger partial charge in [-0.05, 0) is 55.6 Å². The van der Waals surface area contributed by atoms with Crippen LogP contribution in [0, 0.1) is 0 Å². The van der Waals surface area contributed by atoms with Crippen LogP contribution in [0.15, 0.2) is 32.7 Å². The molecule has 19 heavy (non-hydrogen) atoms. The van der Waals surface area contributed by atoms with Crippen LogP contribution in [0.3, 0.4) is 0 Å². The third kappa shape index (κ3) is 6.27. The van der Waals surface area contributed by atoms with Gasteiger partial charge in [-0.3, -0.25) is 0 Å². The van der Waals surface area contributed by atoms with Crippen LogP contribution < -0.4 is 10.1 Å². The first-order valence-electron chi connectivity index (χ1n) is 5.74. The van der Waals surface area contributed by atoms with E-state index >= 15 is 0 Å². The van der Waals surface area contributed by atoms with Crippen molar-refractivity contribution in [2.24, 2.45) is 0 Å². The summed E-state index contributed by atoms with van der Waals surface area (Å²) in [6.07, 6.45) is 1.74. The fourth-order valence-electron chi connectivity index (χ4n) is 1.43. The molecule has 0 fully saturated rings. The molecule has 0 amide bonds. The van der Waals surface area contributed by atoms with Gasteiger partial charge >= 0.3 is 0 Å². The molecule has 0 unspecified atom stereocenters. The van der Waals surface area contributed by atoms with Crippen molar-refractivity contribution in [3.8, 4) is 5.75 Å². The summed E-state index contributed by atoms with van der Waals surface area (Å²) in [5, 5.41) is 3.29. The lowest BCUT2D eigenvalue weighted by Gasteiger charge is -2.11. The fourth-order valence-corrected chi connectivity index (χ4v) is 3.01. The molecule has 0 aromatic heterocycles. The number of hydrogen-bond acceptors (Lipinski definition) is 3. The molecule has 106 valence electrons. The third-order valence-corrected chi connectivity index (χ3v) is 3.64. The Bertz CT molecular complexity index is 404. The number of halogens is 3. The van der Waals surface area contributed by atoms with Crippen LogP contribution in [-0.4, -0.2) is 26.9 Å². The van der Waals surface area contributed by atoms with E-state index in [9.17, 15) is 0 Å². The predicted molar refractivity (Wildman–Crippen MR) is 85.9 cm³/mol. The molecule has 0 radical (unpaired) electrons. The van der Waals surface area contributed by atoms with Crippen molar-refractivity contribution >= 4 is 43.5 Å². The van der Waals surface area contributed by atoms with E-state index in [0.717, 1.165) is 33.3 Å². The number of ether oxygens (including phenoxy) is 2. The predicted octanol–water partition coefficient (Wildman–Crippen LogP) is 4.08. The Hall–Kier alpha value is -0.0700. The van der Waals surface area contributed by atoms with Crippen molar-refractivity contribution in [3.05, 3.63) is 38.3 Å². The van der Waals surface area contributed by atoms with Crippen molar-refractivity contribution in [1.29, 1.82) is 0 Å². The first-order chi connectivity index (χ1) is 9.19. The quantitative estimate of drug-likeness (QED) is 0.652. The van der Waals surface area contributed by atoms with Crippen LogP contribution in [0.2, 0.25) is 0 Å². The molecule has 1 aromatic carbocycles. The van der Waals surface area contributed by atoms with Crippen molar-refractivity contribution in [1.82, 2.24) is 5.32 Å². The maximum absolute atomic E-state index is 5.60. The number of nitrogens with one attached hydrogen (secondary N) is 1. The van der Waals surface area contributed by atoms with Crippen LogP contribution >= 0.6 is 43.5 Å². The van der Waals surface area contributed by atoms with Gasteiger partial charge in [-0.15, -0.1) is 0 Å². The zero-order valence-corrected chi connectivity index (χ0v) is 14.5. The number of benzene rings is 1. The maximum atomic E-state index is 5.60. The van der Waals surface area contributed by atoms with Gasteiger partial charge in [-0.1, -0.05) is 11.6 Å². The average molecular weight is 414 g/mol. The number of hydrogen-bond donors (Lipinski definition) is 1. The Labute approximate surface area is 135 Å². The summed E-state index contributed by atoms with van der Waals surface area (Å²) in [5.74, 6) is 0.774. The number of methoxy groups -OCH3 is 1. The van der Waals surface area contributed by atoms with Gasteiger partial charge in [0.25, 0.3) is 0 Å². The first kappa shape index (κ1) is 17.0. The Balaban J connectivity index is 2.62. The zero-order chi connectivity index (χ0) is 14.1. The second kappa shape index (κ2) is 9.77. The van der Waals surface area contributed by atoms with E-state index in [1.54, 1.807) is 13.2 Å². The second-order valence-corrected chi connectivity index (χ2v) is 5.69. The smallest absolute Gasteiger partial charge is 0.148 e. The second-order valence-electron chi connectivity index (χ2n) is 3.73. The molecule has 1 rings (SSSR count). The molecule has 3 nitrogen and oxygen atoms in total. The van der Waals surface area contributed by atoms with Gasteiger partial charge in [0, 0.05) is 25.7 Å². The number of rotatable bonds is 8. The standard InChI is InChI=1S/C13H16Br2ClNO2/c1-18-6-4-17-9-10-7-11(14)13(12(15)8-10)19-5-2-3-16/h2-3,7-8,17H,4-6,9H2,1H3/b3-2+. The molecule has 0 atom stereocenters. The topological polar surface area (TPSA) is 30.5 Å². The molecule has 0 heterocycles. The summed E-state index contributed by atoms with van der Waals surface area (Å²) in [6, 6.07) is 4.06. The van der Waals surface area contributed by atoms with Gasteiger partial charge in [0.05, 0.1) is 15.6 Å². The van der Waals surface area contributed by atoms with Crippen LogP contribution in [0.25, 0.3) is 0 Å². The third-order valence-electron chi connectivity index (χ3n) is 2.28. The molecule has 0 aliphatic heterocycles. The Morgan fingerprint density at radius 3 is 2.58 bits per heavy atom. The highest BCUT2D eigenvalue weighted by Crippen LogP contribution is 2.34. The van der Waals surface area contributed by atoms with Gasteiger partial charge < -0.3 is 14.8 Å². The molecule has 6 heteroatoms. The normalized spacial score (nSPS) is 11.2. The molecule has 0 aliphatic carbocycles. The highest BCUT2D eigenvalue weighted by atomic mass is 79.9. The Morgan fingerprint density at radius 1 is 1.32 bits per heavy atom. The summed E-state index contributed by atoms with van der Waals surface area (Å²) >= 11 is 12.5. The maximum Gasteiger partial charge on any atom is 0.148 e. The van der Waals surface area contributed by atoms with Gasteiger partial charge in [0.15, 0.2) is 0 Å². The average Bonchev–Trinajstić information content (AvgIpc) is 2.38. The lowest BCUT2D eigenvalue weighted by Crippen LogP contribution is -2.18. The minimum Gasteiger partial charge on any atom is -0.487 e. The molecule has 1 aromatic rings. The molecule has 0 saturated heterocycles. The summed E-state index contributed by atoms with van der Waals surface area (Å²) in [4.78, 5) is 0. The molecule has 1 N–H and O–H groups in total. The monoisotopic (exact) mass is 411 g/mol. The largest absolute Gasteiger partial charge is 0.487 e. The van der Waals surface area contributed by atoms with Crippen LogP contribution in [0.4, 0.5) is 0 Å². The van der Waals surface area contributed by atoms with Crippen molar-refractivity contribution in [3.63, 3.8) is 0 Å². The Kier molecular flexibility index (Phi) is 8.74. The van der Waals surface area contributed by atoms with E-state index in [-0.39, 0.29) is 0 Å². The van der Waals surface area contributed by atoms with Crippen molar-refractivity contribution in [2.75, 3.05) is 26.9 Å². The fraction of sp³-hybridized carbons (Fsp3) is 0.385. The first-order valence-corrected chi connectivity index (χ1v) is 7.77. The van der Waals surface area contributed by atoms with E-state index in [2.05, 4.69) is 37.2 Å². The molecule has 0 aliphatic rings. The van der Waals surface area contributed by atoms with Gasteiger partial charge in [0.2, 0.25) is 0 Å². The SMILES string of the molecule is COCCNCc1cc(Br)c(OC/C=C/Cl)c(Br)c1. The van der Waals surface area contributed by atoms with Crippen LogP contribution in [-0.2, 0) is 11.3 Å². The van der Waals surface area contributed by atoms with E-state index in [1.807, 2.05) is 12.1 Å². The lowest BCUT2D eigenvalue weighted by molar-refractivity contribution is 0.199. The Morgan fingerprint density at radius 2 is 2.00 bits per heavy atom. The van der Waals surface area contributed by atoms with E-state index in [0.29, 0.717) is 13.2 Å². The summed E-state index contributed by atoms with van der Waals surface area (Å²) in [5.41, 5.74) is 2.60. The van der Waals surface area contributed by atoms with Gasteiger partial charge in [-0.2, -0.15) is 0 Å². The minimum atomic E-state index is 0.437.